The molecule has 0 aromatic heterocycles. The number of benzene rings is 1. The standard InChI is InChI=1S/C17H23ClN2O3/c1-3-19-6-7-23-16-11-20(10-13(16)9-19)17(21)12-4-5-15(22-2)14(18)8-12/h4-5,8,13,16H,3,6-7,9-11H2,1-2H3/t13-,16+/m0/s1. The number of nitrogens with zero attached hydrogens (tertiary/aromatic N) is 2. The Morgan fingerprint density at radius 3 is 2.91 bits per heavy atom. The van der Waals surface area contributed by atoms with Crippen LogP contribution >= 0.6 is 11.6 Å². The molecular formula is C17H23ClN2O3. The lowest BCUT2D eigenvalue weighted by molar-refractivity contribution is 0.0485. The van der Waals surface area contributed by atoms with Gasteiger partial charge in [-0.1, -0.05) is 18.5 Å². The molecule has 2 saturated heterocycles. The van der Waals surface area contributed by atoms with Crippen LogP contribution in [0, 0.1) is 5.92 Å². The van der Waals surface area contributed by atoms with Gasteiger partial charge in [-0.2, -0.15) is 0 Å². The van der Waals surface area contributed by atoms with Crippen LogP contribution in [0.1, 0.15) is 17.3 Å². The van der Waals surface area contributed by atoms with Crippen LogP contribution in [0.5, 0.6) is 5.75 Å². The molecule has 5 nitrogen and oxygen atoms in total. The van der Waals surface area contributed by atoms with Crippen molar-refractivity contribution in [3.8, 4) is 5.75 Å². The van der Waals surface area contributed by atoms with E-state index < -0.39 is 0 Å². The minimum absolute atomic E-state index is 0.00859. The highest BCUT2D eigenvalue weighted by Crippen LogP contribution is 2.28. The van der Waals surface area contributed by atoms with E-state index in [-0.39, 0.29) is 12.0 Å². The Hall–Kier alpha value is -1.30. The summed E-state index contributed by atoms with van der Waals surface area (Å²) >= 11 is 6.13. The third-order valence-corrected chi connectivity index (χ3v) is 5.04. The van der Waals surface area contributed by atoms with Crippen molar-refractivity contribution in [3.05, 3.63) is 28.8 Å². The maximum absolute atomic E-state index is 12.7. The minimum atomic E-state index is 0.00859. The molecule has 126 valence electrons. The topological polar surface area (TPSA) is 42.0 Å². The number of hydrogen-bond donors (Lipinski definition) is 0. The summed E-state index contributed by atoms with van der Waals surface area (Å²) in [5.74, 6) is 0.973. The first kappa shape index (κ1) is 16.6. The van der Waals surface area contributed by atoms with E-state index in [9.17, 15) is 4.79 Å². The molecule has 0 unspecified atom stereocenters. The molecule has 2 atom stereocenters. The lowest BCUT2D eigenvalue weighted by atomic mass is 10.1. The number of fused-ring (bicyclic) bond motifs is 1. The highest BCUT2D eigenvalue weighted by Gasteiger charge is 2.38. The van der Waals surface area contributed by atoms with Crippen LogP contribution in [0.15, 0.2) is 18.2 Å². The van der Waals surface area contributed by atoms with Gasteiger partial charge in [0.05, 0.1) is 24.8 Å². The van der Waals surface area contributed by atoms with E-state index in [1.54, 1.807) is 25.3 Å². The van der Waals surface area contributed by atoms with Gasteiger partial charge in [-0.3, -0.25) is 4.79 Å². The molecule has 3 rings (SSSR count). The number of likely N-dealkylation sites (tertiary alicyclic amines) is 1. The van der Waals surface area contributed by atoms with Crippen molar-refractivity contribution in [2.45, 2.75) is 13.0 Å². The second kappa shape index (κ2) is 7.07. The third-order valence-electron chi connectivity index (χ3n) is 4.75. The second-order valence-electron chi connectivity index (χ2n) is 6.12. The molecule has 0 spiro atoms. The van der Waals surface area contributed by atoms with Crippen LogP contribution in [0.3, 0.4) is 0 Å². The Kier molecular flexibility index (Phi) is 5.09. The van der Waals surface area contributed by atoms with E-state index in [1.165, 1.54) is 0 Å². The predicted octanol–water partition coefficient (Wildman–Crippen LogP) is 2.14. The Morgan fingerprint density at radius 1 is 1.39 bits per heavy atom. The Balaban J connectivity index is 1.71. The van der Waals surface area contributed by atoms with Crippen LogP contribution in [0.2, 0.25) is 5.02 Å². The predicted molar refractivity (Wildman–Crippen MR) is 89.3 cm³/mol. The molecule has 6 heteroatoms. The number of likely N-dealkylation sites (N-methyl/N-ethyl adjacent to an activating group) is 1. The Morgan fingerprint density at radius 2 is 2.22 bits per heavy atom. The van der Waals surface area contributed by atoms with Gasteiger partial charge < -0.3 is 19.3 Å². The van der Waals surface area contributed by atoms with Crippen molar-refractivity contribution < 1.29 is 14.3 Å². The Labute approximate surface area is 142 Å². The van der Waals surface area contributed by atoms with E-state index in [0.29, 0.717) is 28.8 Å². The number of methoxy groups -OCH3 is 1. The van der Waals surface area contributed by atoms with Crippen LogP contribution in [0.25, 0.3) is 0 Å². The van der Waals surface area contributed by atoms with Gasteiger partial charge in [0.25, 0.3) is 5.91 Å². The molecule has 23 heavy (non-hydrogen) atoms. The number of halogens is 1. The maximum Gasteiger partial charge on any atom is 0.254 e. The number of amides is 1. The zero-order valence-electron chi connectivity index (χ0n) is 13.6. The van der Waals surface area contributed by atoms with Gasteiger partial charge in [-0.15, -0.1) is 0 Å². The van der Waals surface area contributed by atoms with Gasteiger partial charge in [0, 0.05) is 37.7 Å². The molecule has 2 aliphatic rings. The first-order valence-electron chi connectivity index (χ1n) is 8.09. The fourth-order valence-corrected chi connectivity index (χ4v) is 3.65. The molecule has 1 aromatic rings. The lowest BCUT2D eigenvalue weighted by Gasteiger charge is -2.21. The second-order valence-corrected chi connectivity index (χ2v) is 6.53. The van der Waals surface area contributed by atoms with E-state index in [1.807, 2.05) is 4.90 Å². The fourth-order valence-electron chi connectivity index (χ4n) is 3.40. The van der Waals surface area contributed by atoms with E-state index in [4.69, 9.17) is 21.1 Å². The molecule has 2 fully saturated rings. The highest BCUT2D eigenvalue weighted by molar-refractivity contribution is 6.32. The molecule has 2 aliphatic heterocycles. The van der Waals surface area contributed by atoms with Crippen LogP contribution < -0.4 is 4.74 Å². The molecule has 1 aromatic carbocycles. The zero-order chi connectivity index (χ0) is 16.4. The monoisotopic (exact) mass is 338 g/mol. The minimum Gasteiger partial charge on any atom is -0.495 e. The molecule has 0 bridgehead atoms. The quantitative estimate of drug-likeness (QED) is 0.847. The largest absolute Gasteiger partial charge is 0.495 e. The Bertz CT molecular complexity index is 581. The van der Waals surface area contributed by atoms with Crippen molar-refractivity contribution >= 4 is 17.5 Å². The SMILES string of the molecule is CCN1CCO[C@@H]2CN(C(=O)c3ccc(OC)c(Cl)c3)C[C@@H]2C1. The normalized spacial score (nSPS) is 25.1. The molecule has 2 heterocycles. The maximum atomic E-state index is 12.7. The summed E-state index contributed by atoms with van der Waals surface area (Å²) in [6.45, 7) is 7.30. The van der Waals surface area contributed by atoms with Gasteiger partial charge >= 0.3 is 0 Å². The highest BCUT2D eigenvalue weighted by atomic mass is 35.5. The van der Waals surface area contributed by atoms with Gasteiger partial charge in [-0.05, 0) is 24.7 Å². The first-order valence-corrected chi connectivity index (χ1v) is 8.47. The summed E-state index contributed by atoms with van der Waals surface area (Å²) in [5.41, 5.74) is 0.597. The zero-order valence-corrected chi connectivity index (χ0v) is 14.4. The summed E-state index contributed by atoms with van der Waals surface area (Å²) in [4.78, 5) is 17.0. The van der Waals surface area contributed by atoms with Crippen molar-refractivity contribution in [1.29, 1.82) is 0 Å². The van der Waals surface area contributed by atoms with Gasteiger partial charge in [0.2, 0.25) is 0 Å². The summed E-state index contributed by atoms with van der Waals surface area (Å²) < 4.78 is 11.1. The summed E-state index contributed by atoms with van der Waals surface area (Å²) in [6.07, 6.45) is 0.143. The van der Waals surface area contributed by atoms with Crippen LogP contribution in [-0.4, -0.2) is 68.3 Å². The molecule has 1 amide bonds. The van der Waals surface area contributed by atoms with Gasteiger partial charge in [-0.25, -0.2) is 0 Å². The fraction of sp³-hybridized carbons (Fsp3) is 0.588. The molecule has 0 N–H and O–H groups in total. The van der Waals surface area contributed by atoms with Gasteiger partial charge in [0.1, 0.15) is 5.75 Å². The van der Waals surface area contributed by atoms with E-state index in [0.717, 1.165) is 32.8 Å². The number of carbonyl (C=O) groups is 1. The van der Waals surface area contributed by atoms with E-state index in [2.05, 4.69) is 11.8 Å². The number of carbonyl (C=O) groups excluding carboxylic acids is 1. The van der Waals surface area contributed by atoms with Crippen LogP contribution in [-0.2, 0) is 4.74 Å². The summed E-state index contributed by atoms with van der Waals surface area (Å²) in [7, 11) is 1.56. The lowest BCUT2D eigenvalue weighted by Crippen LogP contribution is -2.33. The molecular weight excluding hydrogens is 316 g/mol. The van der Waals surface area contributed by atoms with Crippen LogP contribution in [0.4, 0.5) is 0 Å². The number of ether oxygens (including phenoxy) is 2. The van der Waals surface area contributed by atoms with Gasteiger partial charge in [0.15, 0.2) is 0 Å². The summed E-state index contributed by atoms with van der Waals surface area (Å²) in [6, 6.07) is 5.18. The van der Waals surface area contributed by atoms with E-state index >= 15 is 0 Å². The average Bonchev–Trinajstić information content (AvgIpc) is 2.86. The third kappa shape index (κ3) is 3.47. The van der Waals surface area contributed by atoms with Crippen molar-refractivity contribution in [2.75, 3.05) is 46.4 Å². The first-order chi connectivity index (χ1) is 11.1. The molecule has 0 radical (unpaired) electrons. The molecule has 0 aliphatic carbocycles. The smallest absolute Gasteiger partial charge is 0.254 e. The molecule has 0 saturated carbocycles. The van der Waals surface area contributed by atoms with Crippen molar-refractivity contribution in [1.82, 2.24) is 9.80 Å². The van der Waals surface area contributed by atoms with Crippen molar-refractivity contribution in [3.63, 3.8) is 0 Å². The summed E-state index contributed by atoms with van der Waals surface area (Å²) in [5, 5.41) is 0.458. The van der Waals surface area contributed by atoms with Crippen molar-refractivity contribution in [2.24, 2.45) is 5.92 Å². The number of hydrogen-bond acceptors (Lipinski definition) is 4. The number of rotatable bonds is 3. The average molecular weight is 339 g/mol.